The van der Waals surface area contributed by atoms with Crippen LogP contribution in [0, 0.1) is 6.33 Å². The minimum atomic E-state index is 0.626. The molecule has 0 saturated heterocycles. The molecule has 4 nitrogen and oxygen atoms in total. The number of aromatic nitrogens is 2. The smallest absolute Gasteiger partial charge is 0.200 e. The van der Waals surface area contributed by atoms with Crippen molar-refractivity contribution >= 4 is 5.82 Å². The highest BCUT2D eigenvalue weighted by Gasteiger charge is 1.98. The second kappa shape index (κ2) is 3.00. The minimum absolute atomic E-state index is 0.626. The standard InChI is InChI=1S/C6H8N3O/c1-7-6-5(10-2)3-8-4-9-6/h3H,1-2H3,(H,7,8,9). The fraction of sp³-hybridized carbons (Fsp3) is 0.333. The van der Waals surface area contributed by atoms with Gasteiger partial charge in [0, 0.05) is 7.05 Å². The van der Waals surface area contributed by atoms with E-state index in [0.717, 1.165) is 0 Å². The van der Waals surface area contributed by atoms with E-state index < -0.39 is 0 Å². The van der Waals surface area contributed by atoms with Crippen LogP contribution in [0.2, 0.25) is 0 Å². The quantitative estimate of drug-likeness (QED) is 0.639. The van der Waals surface area contributed by atoms with E-state index in [-0.39, 0.29) is 0 Å². The van der Waals surface area contributed by atoms with Crippen LogP contribution in [0.25, 0.3) is 0 Å². The summed E-state index contributed by atoms with van der Waals surface area (Å²) < 4.78 is 4.93. The molecule has 0 unspecified atom stereocenters. The van der Waals surface area contributed by atoms with Gasteiger partial charge < -0.3 is 10.1 Å². The van der Waals surface area contributed by atoms with Crippen molar-refractivity contribution in [3.05, 3.63) is 12.5 Å². The third-order valence-electron chi connectivity index (χ3n) is 1.09. The predicted molar refractivity (Wildman–Crippen MR) is 37.0 cm³/mol. The van der Waals surface area contributed by atoms with Gasteiger partial charge in [0.05, 0.1) is 13.3 Å². The number of hydrogen-bond donors (Lipinski definition) is 1. The third-order valence-corrected chi connectivity index (χ3v) is 1.09. The maximum absolute atomic E-state index is 4.93. The predicted octanol–water partition coefficient (Wildman–Crippen LogP) is 0.327. The molecule has 0 aromatic carbocycles. The molecule has 1 N–H and O–H groups in total. The minimum Gasteiger partial charge on any atom is -0.491 e. The molecule has 4 heteroatoms. The van der Waals surface area contributed by atoms with Crippen LogP contribution in [0.15, 0.2) is 6.20 Å². The van der Waals surface area contributed by atoms with Gasteiger partial charge >= 0.3 is 0 Å². The molecule has 0 fully saturated rings. The molecule has 53 valence electrons. The van der Waals surface area contributed by atoms with Crippen molar-refractivity contribution < 1.29 is 4.74 Å². The van der Waals surface area contributed by atoms with Gasteiger partial charge in [0.2, 0.25) is 0 Å². The van der Waals surface area contributed by atoms with Gasteiger partial charge in [0.15, 0.2) is 17.9 Å². The molecule has 1 aromatic rings. The van der Waals surface area contributed by atoms with Crippen molar-refractivity contribution in [2.45, 2.75) is 0 Å². The number of methoxy groups -OCH3 is 1. The lowest BCUT2D eigenvalue weighted by atomic mass is 10.5. The van der Waals surface area contributed by atoms with Crippen LogP contribution in [0.4, 0.5) is 5.82 Å². The van der Waals surface area contributed by atoms with Crippen LogP contribution < -0.4 is 10.1 Å². The Morgan fingerprint density at radius 3 is 3.00 bits per heavy atom. The Balaban J connectivity index is 2.96. The molecule has 1 heterocycles. The molecule has 1 rings (SSSR count). The Labute approximate surface area is 59.3 Å². The van der Waals surface area contributed by atoms with Crippen molar-refractivity contribution in [2.75, 3.05) is 19.5 Å². The van der Waals surface area contributed by atoms with Crippen LogP contribution in [0.1, 0.15) is 0 Å². The van der Waals surface area contributed by atoms with Crippen molar-refractivity contribution in [2.24, 2.45) is 0 Å². The monoisotopic (exact) mass is 138 g/mol. The van der Waals surface area contributed by atoms with E-state index in [1.165, 1.54) is 0 Å². The van der Waals surface area contributed by atoms with Gasteiger partial charge in [-0.05, 0) is 0 Å². The molecule has 0 saturated carbocycles. The summed E-state index contributed by atoms with van der Waals surface area (Å²) in [7, 11) is 3.33. The van der Waals surface area contributed by atoms with Crippen molar-refractivity contribution in [1.82, 2.24) is 9.97 Å². The van der Waals surface area contributed by atoms with Crippen LogP contribution >= 0.6 is 0 Å². The second-order valence-corrected chi connectivity index (χ2v) is 1.64. The highest BCUT2D eigenvalue weighted by Crippen LogP contribution is 2.16. The summed E-state index contributed by atoms with van der Waals surface area (Å²) in [6.45, 7) is 0. The molecule has 1 radical (unpaired) electrons. The second-order valence-electron chi connectivity index (χ2n) is 1.64. The summed E-state index contributed by atoms with van der Waals surface area (Å²) in [5.74, 6) is 1.28. The summed E-state index contributed by atoms with van der Waals surface area (Å²) in [6.07, 6.45) is 4.00. The summed E-state index contributed by atoms with van der Waals surface area (Å²) in [5.41, 5.74) is 0. The largest absolute Gasteiger partial charge is 0.491 e. The fourth-order valence-corrected chi connectivity index (χ4v) is 0.611. The average Bonchev–Trinajstić information content (AvgIpc) is 2.04. The first-order valence-corrected chi connectivity index (χ1v) is 2.83. The Morgan fingerprint density at radius 1 is 1.70 bits per heavy atom. The maximum atomic E-state index is 4.93. The van der Waals surface area contributed by atoms with Crippen LogP contribution in [-0.2, 0) is 0 Å². The number of rotatable bonds is 2. The van der Waals surface area contributed by atoms with Gasteiger partial charge in [-0.15, -0.1) is 0 Å². The molecule has 10 heavy (non-hydrogen) atoms. The first-order chi connectivity index (χ1) is 4.88. The number of hydrogen-bond acceptors (Lipinski definition) is 4. The first kappa shape index (κ1) is 6.80. The Hall–Kier alpha value is -1.32. The fourth-order valence-electron chi connectivity index (χ4n) is 0.611. The number of nitrogens with one attached hydrogen (secondary N) is 1. The highest BCUT2D eigenvalue weighted by molar-refractivity contribution is 5.46. The SMILES string of the molecule is CNc1n[c]ncc1OC. The Kier molecular flexibility index (Phi) is 2.04. The van der Waals surface area contributed by atoms with E-state index in [9.17, 15) is 0 Å². The molecular formula is C6H8N3O. The lowest BCUT2D eigenvalue weighted by Crippen LogP contribution is -1.96. The van der Waals surface area contributed by atoms with Gasteiger partial charge in [-0.1, -0.05) is 0 Å². The zero-order valence-corrected chi connectivity index (χ0v) is 5.88. The Morgan fingerprint density at radius 2 is 2.50 bits per heavy atom. The first-order valence-electron chi connectivity index (χ1n) is 2.83. The van der Waals surface area contributed by atoms with E-state index in [2.05, 4.69) is 21.6 Å². The molecule has 0 aliphatic rings. The Bertz CT molecular complexity index is 191. The number of nitrogens with zero attached hydrogens (tertiary/aromatic N) is 2. The molecule has 0 aliphatic heterocycles. The van der Waals surface area contributed by atoms with E-state index in [1.54, 1.807) is 20.4 Å². The summed E-state index contributed by atoms with van der Waals surface area (Å²) in [4.78, 5) is 7.46. The zero-order valence-electron chi connectivity index (χ0n) is 5.88. The summed E-state index contributed by atoms with van der Waals surface area (Å²) in [6, 6.07) is 0. The van der Waals surface area contributed by atoms with E-state index in [1.807, 2.05) is 0 Å². The molecule has 0 aliphatic carbocycles. The molecular weight excluding hydrogens is 130 g/mol. The van der Waals surface area contributed by atoms with Crippen LogP contribution in [0.5, 0.6) is 5.75 Å². The third kappa shape index (κ3) is 1.15. The van der Waals surface area contributed by atoms with Crippen molar-refractivity contribution in [3.63, 3.8) is 0 Å². The summed E-state index contributed by atoms with van der Waals surface area (Å²) >= 11 is 0. The van der Waals surface area contributed by atoms with Gasteiger partial charge in [0.1, 0.15) is 0 Å². The molecule has 0 amide bonds. The molecule has 0 spiro atoms. The lowest BCUT2D eigenvalue weighted by Gasteiger charge is -2.02. The average molecular weight is 138 g/mol. The number of anilines is 1. The van der Waals surface area contributed by atoms with Gasteiger partial charge in [0.25, 0.3) is 0 Å². The van der Waals surface area contributed by atoms with Crippen LogP contribution in [-0.4, -0.2) is 24.1 Å². The van der Waals surface area contributed by atoms with E-state index in [4.69, 9.17) is 4.74 Å². The normalized spacial score (nSPS) is 9.00. The van der Waals surface area contributed by atoms with E-state index in [0.29, 0.717) is 11.6 Å². The van der Waals surface area contributed by atoms with Crippen molar-refractivity contribution in [3.8, 4) is 5.75 Å². The molecule has 0 atom stereocenters. The van der Waals surface area contributed by atoms with Gasteiger partial charge in [-0.2, -0.15) is 0 Å². The van der Waals surface area contributed by atoms with Crippen molar-refractivity contribution in [1.29, 1.82) is 0 Å². The topological polar surface area (TPSA) is 47.0 Å². The molecule has 0 bridgehead atoms. The number of ether oxygens (including phenoxy) is 1. The lowest BCUT2D eigenvalue weighted by molar-refractivity contribution is 0.413. The van der Waals surface area contributed by atoms with Gasteiger partial charge in [-0.25, -0.2) is 9.97 Å². The molecule has 1 aromatic heterocycles. The maximum Gasteiger partial charge on any atom is 0.200 e. The summed E-state index contributed by atoms with van der Waals surface area (Å²) in [5, 5.41) is 2.84. The van der Waals surface area contributed by atoms with Crippen LogP contribution in [0.3, 0.4) is 0 Å². The van der Waals surface area contributed by atoms with Gasteiger partial charge in [-0.3, -0.25) is 0 Å². The van der Waals surface area contributed by atoms with E-state index >= 15 is 0 Å². The zero-order chi connectivity index (χ0) is 7.40. The highest BCUT2D eigenvalue weighted by atomic mass is 16.5.